The molecule has 156 valence electrons. The van der Waals surface area contributed by atoms with Crippen molar-refractivity contribution in [2.24, 2.45) is 0 Å². The molecule has 4 rings (SSSR count). The molecule has 4 aromatic rings. The lowest BCUT2D eigenvalue weighted by Gasteiger charge is -2.11. The fraction of sp³-hybridized carbons (Fsp3) is 0.0455. The predicted octanol–water partition coefficient (Wildman–Crippen LogP) is 6.12. The molecule has 0 saturated carbocycles. The average molecular weight is 505 g/mol. The molecule has 0 aliphatic rings. The number of anilines is 1. The molecule has 4 nitrogen and oxygen atoms in total. The number of nitrogens with zero attached hydrogens (tertiary/aromatic N) is 1. The number of halogens is 4. The summed E-state index contributed by atoms with van der Waals surface area (Å²) in [4.78, 5) is 29.4. The molecular weight excluding hydrogens is 493 g/mol. The molecule has 0 saturated heterocycles. The van der Waals surface area contributed by atoms with Crippen LogP contribution in [0.5, 0.6) is 0 Å². The minimum atomic E-state index is -4.86. The maximum atomic E-state index is 13.7. The van der Waals surface area contributed by atoms with E-state index in [4.69, 9.17) is 5.73 Å². The van der Waals surface area contributed by atoms with Gasteiger partial charge in [-0.1, -0.05) is 46.3 Å². The van der Waals surface area contributed by atoms with Gasteiger partial charge in [0.25, 0.3) is 0 Å². The van der Waals surface area contributed by atoms with Crippen molar-refractivity contribution >= 4 is 54.7 Å². The number of pyridine rings is 1. The van der Waals surface area contributed by atoms with Gasteiger partial charge in [-0.25, -0.2) is 4.98 Å². The monoisotopic (exact) mass is 504 g/mol. The van der Waals surface area contributed by atoms with Gasteiger partial charge in [0.1, 0.15) is 9.71 Å². The van der Waals surface area contributed by atoms with E-state index in [0.29, 0.717) is 5.56 Å². The number of nitrogen functional groups attached to an aromatic ring is 1. The first-order chi connectivity index (χ1) is 14.7. The number of fused-ring (bicyclic) bond motifs is 1. The minimum absolute atomic E-state index is 0.00347. The van der Waals surface area contributed by atoms with Gasteiger partial charge >= 0.3 is 6.18 Å². The van der Waals surface area contributed by atoms with Crippen LogP contribution in [0, 0.1) is 0 Å². The summed E-state index contributed by atoms with van der Waals surface area (Å²) in [6, 6.07) is 15.2. The van der Waals surface area contributed by atoms with Crippen molar-refractivity contribution in [3.05, 3.63) is 92.4 Å². The summed E-state index contributed by atoms with van der Waals surface area (Å²) in [5.41, 5.74) is 4.62. The number of rotatable bonds is 4. The molecule has 0 spiro atoms. The number of thiophene rings is 1. The number of benzene rings is 2. The van der Waals surface area contributed by atoms with Gasteiger partial charge in [-0.2, -0.15) is 13.2 Å². The lowest BCUT2D eigenvalue weighted by atomic mass is 10.00. The lowest BCUT2D eigenvalue weighted by Crippen LogP contribution is -2.16. The number of aromatic nitrogens is 1. The van der Waals surface area contributed by atoms with Crippen molar-refractivity contribution in [2.75, 3.05) is 5.73 Å². The van der Waals surface area contributed by atoms with Gasteiger partial charge in [0.05, 0.1) is 11.3 Å². The number of alkyl halides is 3. The van der Waals surface area contributed by atoms with Crippen LogP contribution in [0.2, 0.25) is 0 Å². The molecule has 0 atom stereocenters. The molecule has 2 aromatic heterocycles. The van der Waals surface area contributed by atoms with E-state index in [2.05, 4.69) is 20.9 Å². The zero-order chi connectivity index (χ0) is 22.3. The van der Waals surface area contributed by atoms with Crippen LogP contribution in [0.25, 0.3) is 10.2 Å². The largest absolute Gasteiger partial charge is 0.434 e. The Hall–Kier alpha value is -3.04. The molecule has 0 aliphatic heterocycles. The number of hydrogen-bond acceptors (Lipinski definition) is 5. The van der Waals surface area contributed by atoms with Crippen molar-refractivity contribution in [1.29, 1.82) is 0 Å². The Morgan fingerprint density at radius 3 is 2.16 bits per heavy atom. The Bertz CT molecular complexity index is 1320. The fourth-order valence-electron chi connectivity index (χ4n) is 3.08. The van der Waals surface area contributed by atoms with Gasteiger partial charge in [0, 0.05) is 21.0 Å². The Labute approximate surface area is 186 Å². The second-order valence-electron chi connectivity index (χ2n) is 6.61. The summed E-state index contributed by atoms with van der Waals surface area (Å²) in [6.07, 6.45) is -4.86. The van der Waals surface area contributed by atoms with E-state index >= 15 is 0 Å². The molecule has 0 unspecified atom stereocenters. The number of carbonyl (C=O) groups excluding carboxylic acids is 2. The molecule has 2 aromatic carbocycles. The van der Waals surface area contributed by atoms with Gasteiger partial charge in [-0.3, -0.25) is 9.59 Å². The van der Waals surface area contributed by atoms with Gasteiger partial charge < -0.3 is 5.73 Å². The molecule has 0 bridgehead atoms. The van der Waals surface area contributed by atoms with Crippen LogP contribution < -0.4 is 5.73 Å². The molecule has 31 heavy (non-hydrogen) atoms. The maximum Gasteiger partial charge on any atom is 0.434 e. The van der Waals surface area contributed by atoms with Crippen LogP contribution in [0.15, 0.2) is 65.1 Å². The quantitative estimate of drug-likeness (QED) is 0.339. The van der Waals surface area contributed by atoms with Crippen LogP contribution in [0.3, 0.4) is 0 Å². The smallest absolute Gasteiger partial charge is 0.397 e. The van der Waals surface area contributed by atoms with Crippen LogP contribution in [-0.2, 0) is 6.18 Å². The van der Waals surface area contributed by atoms with Crippen LogP contribution >= 0.6 is 27.3 Å². The van der Waals surface area contributed by atoms with Crippen LogP contribution in [-0.4, -0.2) is 16.6 Å². The summed E-state index contributed by atoms with van der Waals surface area (Å²) in [5, 5.41) is 0.137. The fourth-order valence-corrected chi connectivity index (χ4v) is 4.38. The van der Waals surface area contributed by atoms with E-state index in [1.165, 1.54) is 12.1 Å². The van der Waals surface area contributed by atoms with Gasteiger partial charge in [-0.15, -0.1) is 11.3 Å². The highest BCUT2D eigenvalue weighted by molar-refractivity contribution is 9.10. The summed E-state index contributed by atoms with van der Waals surface area (Å²) in [6.45, 7) is 0. The van der Waals surface area contributed by atoms with Crippen molar-refractivity contribution in [3.63, 3.8) is 0 Å². The third-order valence-electron chi connectivity index (χ3n) is 4.58. The molecule has 9 heteroatoms. The third kappa shape index (κ3) is 3.98. The minimum Gasteiger partial charge on any atom is -0.397 e. The molecule has 2 heterocycles. The van der Waals surface area contributed by atoms with Gasteiger partial charge in [0.2, 0.25) is 5.78 Å². The number of carbonyl (C=O) groups is 2. The first-order valence-corrected chi connectivity index (χ1v) is 10.5. The maximum absolute atomic E-state index is 13.7. The molecule has 0 amide bonds. The zero-order valence-corrected chi connectivity index (χ0v) is 17.9. The molecule has 2 N–H and O–H groups in total. The average Bonchev–Trinajstić information content (AvgIpc) is 3.08. The summed E-state index contributed by atoms with van der Waals surface area (Å²) >= 11 is 4.05. The van der Waals surface area contributed by atoms with E-state index < -0.39 is 29.0 Å². The highest BCUT2D eigenvalue weighted by Crippen LogP contribution is 2.39. The molecule has 0 aliphatic carbocycles. The summed E-state index contributed by atoms with van der Waals surface area (Å²) < 4.78 is 41.9. The van der Waals surface area contributed by atoms with Gasteiger partial charge in [-0.05, 0) is 30.3 Å². The van der Waals surface area contributed by atoms with E-state index in [1.54, 1.807) is 42.5 Å². The SMILES string of the molecule is Nc1c(C(=O)c2ccc(Br)cc2)sc2nc(C(F)(F)F)c(C(=O)c3ccccc3)cc12. The van der Waals surface area contributed by atoms with Crippen molar-refractivity contribution in [1.82, 2.24) is 4.98 Å². The van der Waals surface area contributed by atoms with Crippen LogP contribution in [0.4, 0.5) is 18.9 Å². The Kier molecular flexibility index (Phi) is 5.40. The Morgan fingerprint density at radius 1 is 0.935 bits per heavy atom. The number of hydrogen-bond donors (Lipinski definition) is 1. The number of nitrogens with two attached hydrogens (primary N) is 1. The third-order valence-corrected chi connectivity index (χ3v) is 6.23. The molecule has 0 radical (unpaired) electrons. The first-order valence-electron chi connectivity index (χ1n) is 8.87. The summed E-state index contributed by atoms with van der Waals surface area (Å²) in [5.74, 6) is -1.26. The van der Waals surface area contributed by atoms with E-state index in [9.17, 15) is 22.8 Å². The highest BCUT2D eigenvalue weighted by atomic mass is 79.9. The Morgan fingerprint density at radius 2 is 1.55 bits per heavy atom. The van der Waals surface area contributed by atoms with Crippen molar-refractivity contribution in [3.8, 4) is 0 Å². The van der Waals surface area contributed by atoms with Gasteiger partial charge in [0.15, 0.2) is 11.5 Å². The second kappa shape index (κ2) is 7.90. The zero-order valence-electron chi connectivity index (χ0n) is 15.5. The second-order valence-corrected chi connectivity index (χ2v) is 8.53. The van der Waals surface area contributed by atoms with Crippen molar-refractivity contribution < 1.29 is 22.8 Å². The molecule has 0 fully saturated rings. The van der Waals surface area contributed by atoms with E-state index in [-0.39, 0.29) is 26.3 Å². The highest BCUT2D eigenvalue weighted by Gasteiger charge is 2.38. The normalized spacial score (nSPS) is 11.6. The van der Waals surface area contributed by atoms with E-state index in [1.807, 2.05) is 0 Å². The topological polar surface area (TPSA) is 73.1 Å². The van der Waals surface area contributed by atoms with Crippen LogP contribution in [0.1, 0.15) is 36.9 Å². The molecular formula is C22H12BrF3N2O2S. The first kappa shape index (κ1) is 21.2. The number of ketones is 2. The standard InChI is InChI=1S/C22H12BrF3N2O2S/c23-13-8-6-12(7-9-13)18(30)19-16(27)14-10-15(17(29)11-4-2-1-3-5-11)20(22(24,25)26)28-21(14)31-19/h1-10H,27H2. The van der Waals surface area contributed by atoms with Crippen molar-refractivity contribution in [2.45, 2.75) is 6.18 Å². The predicted molar refractivity (Wildman–Crippen MR) is 116 cm³/mol. The Balaban J connectivity index is 1.89. The van der Waals surface area contributed by atoms with E-state index in [0.717, 1.165) is 21.9 Å². The summed E-state index contributed by atoms with van der Waals surface area (Å²) in [7, 11) is 0. The lowest BCUT2D eigenvalue weighted by molar-refractivity contribution is -0.141.